The van der Waals surface area contributed by atoms with E-state index < -0.39 is 11.5 Å². The zero-order chi connectivity index (χ0) is 21.5. The van der Waals surface area contributed by atoms with Crippen molar-refractivity contribution in [3.8, 4) is 0 Å². The van der Waals surface area contributed by atoms with Gasteiger partial charge in [0.05, 0.1) is 18.7 Å². The smallest absolute Gasteiger partial charge is 0.264 e. The van der Waals surface area contributed by atoms with Crippen LogP contribution in [0.1, 0.15) is 27.9 Å². The maximum atomic E-state index is 13.4. The van der Waals surface area contributed by atoms with Crippen molar-refractivity contribution in [2.24, 2.45) is 0 Å². The van der Waals surface area contributed by atoms with Gasteiger partial charge in [0.15, 0.2) is 11.4 Å². The third kappa shape index (κ3) is 3.76. The number of carbonyl (C=O) groups excluding carboxylic acids is 2. The average molecular weight is 506 g/mol. The Morgan fingerprint density at radius 3 is 2.53 bits per heavy atom. The number of aliphatic hydroxyl groups is 1. The van der Waals surface area contributed by atoms with Gasteiger partial charge in [-0.25, -0.2) is 0 Å². The number of fused-ring (bicyclic) bond motifs is 1. The normalized spacial score (nSPS) is 17.9. The van der Waals surface area contributed by atoms with Crippen LogP contribution in [-0.2, 0) is 16.9 Å². The number of rotatable bonds is 5. The standard InChI is InChI=1S/C22H15BrCl2N2O3/c23-15-2-4-19-17(9-15)22(30,11-20(28)13-5-7-26-8-6-13)21(29)27(19)12-14-1-3-16(24)10-18(14)25/h1-10,30H,11-12H2. The molecule has 152 valence electrons. The summed E-state index contributed by atoms with van der Waals surface area (Å²) in [7, 11) is 0. The van der Waals surface area contributed by atoms with E-state index in [-0.39, 0.29) is 18.7 Å². The number of pyridine rings is 1. The number of amides is 1. The first-order valence-electron chi connectivity index (χ1n) is 9.01. The molecule has 3 aromatic rings. The Morgan fingerprint density at radius 1 is 1.10 bits per heavy atom. The Labute approximate surface area is 191 Å². The van der Waals surface area contributed by atoms with E-state index >= 15 is 0 Å². The zero-order valence-electron chi connectivity index (χ0n) is 15.5. The van der Waals surface area contributed by atoms with E-state index in [0.29, 0.717) is 36.9 Å². The molecule has 1 aliphatic heterocycles. The van der Waals surface area contributed by atoms with Crippen molar-refractivity contribution in [3.05, 3.63) is 92.1 Å². The van der Waals surface area contributed by atoms with Gasteiger partial charge in [-0.3, -0.25) is 14.6 Å². The summed E-state index contributed by atoms with van der Waals surface area (Å²) in [4.78, 5) is 31.5. The van der Waals surface area contributed by atoms with Crippen molar-refractivity contribution in [2.45, 2.75) is 18.6 Å². The third-order valence-electron chi connectivity index (χ3n) is 5.06. The minimum Gasteiger partial charge on any atom is -0.375 e. The summed E-state index contributed by atoms with van der Waals surface area (Å²) in [5.74, 6) is -0.936. The summed E-state index contributed by atoms with van der Waals surface area (Å²) in [6, 6.07) is 13.3. The first kappa shape index (κ1) is 21.0. The summed E-state index contributed by atoms with van der Waals surface area (Å²) in [5.41, 5.74) is -0.0400. The molecule has 0 fully saturated rings. The van der Waals surface area contributed by atoms with Crippen LogP contribution >= 0.6 is 39.1 Å². The molecule has 0 saturated heterocycles. The number of halogens is 3. The lowest BCUT2D eigenvalue weighted by Gasteiger charge is -2.23. The third-order valence-corrected chi connectivity index (χ3v) is 6.14. The summed E-state index contributed by atoms with van der Waals surface area (Å²) in [6.45, 7) is 0.134. The Morgan fingerprint density at radius 2 is 1.83 bits per heavy atom. The number of benzene rings is 2. The van der Waals surface area contributed by atoms with Gasteiger partial charge in [0, 0.05) is 38.0 Å². The van der Waals surface area contributed by atoms with Crippen LogP contribution in [0.3, 0.4) is 0 Å². The van der Waals surface area contributed by atoms with E-state index in [1.165, 1.54) is 17.3 Å². The maximum absolute atomic E-state index is 13.4. The molecule has 4 rings (SSSR count). The molecular formula is C22H15BrCl2N2O3. The monoisotopic (exact) mass is 504 g/mol. The van der Waals surface area contributed by atoms with E-state index in [1.54, 1.807) is 48.5 Å². The van der Waals surface area contributed by atoms with E-state index in [0.717, 1.165) is 0 Å². The van der Waals surface area contributed by atoms with Gasteiger partial charge in [-0.2, -0.15) is 0 Å². The largest absolute Gasteiger partial charge is 0.375 e. The molecule has 0 spiro atoms. The SMILES string of the molecule is O=C(CC1(O)C(=O)N(Cc2ccc(Cl)cc2Cl)c2ccc(Br)cc21)c1ccncc1. The average Bonchev–Trinajstić information content (AvgIpc) is 2.92. The molecule has 1 atom stereocenters. The lowest BCUT2D eigenvalue weighted by atomic mass is 9.88. The molecule has 1 N–H and O–H groups in total. The molecule has 8 heteroatoms. The Kier molecular flexibility index (Phi) is 5.68. The van der Waals surface area contributed by atoms with Gasteiger partial charge in [-0.1, -0.05) is 45.2 Å². The second-order valence-electron chi connectivity index (χ2n) is 6.98. The van der Waals surface area contributed by atoms with Crippen molar-refractivity contribution < 1.29 is 14.7 Å². The van der Waals surface area contributed by atoms with Gasteiger partial charge < -0.3 is 10.0 Å². The van der Waals surface area contributed by atoms with Crippen LogP contribution in [0.4, 0.5) is 5.69 Å². The van der Waals surface area contributed by atoms with Crippen molar-refractivity contribution in [1.29, 1.82) is 0 Å². The second kappa shape index (κ2) is 8.12. The maximum Gasteiger partial charge on any atom is 0.264 e. The lowest BCUT2D eigenvalue weighted by molar-refractivity contribution is -0.136. The van der Waals surface area contributed by atoms with Crippen LogP contribution in [0.5, 0.6) is 0 Å². The summed E-state index contributed by atoms with van der Waals surface area (Å²) in [6.07, 6.45) is 2.60. The molecule has 1 aliphatic rings. The highest BCUT2D eigenvalue weighted by Crippen LogP contribution is 2.45. The quantitative estimate of drug-likeness (QED) is 0.486. The van der Waals surface area contributed by atoms with Crippen LogP contribution in [0.25, 0.3) is 0 Å². The summed E-state index contributed by atoms with van der Waals surface area (Å²) < 4.78 is 0.690. The van der Waals surface area contributed by atoms with E-state index in [2.05, 4.69) is 20.9 Å². The van der Waals surface area contributed by atoms with Gasteiger partial charge in [-0.15, -0.1) is 0 Å². The molecule has 1 aromatic heterocycles. The lowest BCUT2D eigenvalue weighted by Crippen LogP contribution is -2.41. The molecule has 1 amide bonds. The minimum atomic E-state index is -1.99. The van der Waals surface area contributed by atoms with Crippen molar-refractivity contribution >= 4 is 56.5 Å². The summed E-state index contributed by atoms with van der Waals surface area (Å²) in [5, 5.41) is 12.3. The fourth-order valence-electron chi connectivity index (χ4n) is 3.54. The predicted molar refractivity (Wildman–Crippen MR) is 119 cm³/mol. The number of hydrogen-bond acceptors (Lipinski definition) is 4. The van der Waals surface area contributed by atoms with Crippen LogP contribution in [0.2, 0.25) is 10.0 Å². The number of nitrogens with zero attached hydrogens (tertiary/aromatic N) is 2. The number of Topliss-reactive ketones (excluding diaryl/α,β-unsaturated/α-hetero) is 1. The number of carbonyl (C=O) groups is 2. The second-order valence-corrected chi connectivity index (χ2v) is 8.74. The molecule has 30 heavy (non-hydrogen) atoms. The Hall–Kier alpha value is -2.25. The molecule has 2 heterocycles. The highest BCUT2D eigenvalue weighted by Gasteiger charge is 2.51. The molecule has 0 saturated carbocycles. The number of ketones is 1. The van der Waals surface area contributed by atoms with E-state index in [9.17, 15) is 14.7 Å². The molecule has 1 unspecified atom stereocenters. The molecule has 0 aliphatic carbocycles. The highest BCUT2D eigenvalue weighted by atomic mass is 79.9. The van der Waals surface area contributed by atoms with Crippen LogP contribution in [-0.4, -0.2) is 21.8 Å². The van der Waals surface area contributed by atoms with Crippen LogP contribution < -0.4 is 4.90 Å². The zero-order valence-corrected chi connectivity index (χ0v) is 18.6. The van der Waals surface area contributed by atoms with Crippen molar-refractivity contribution in [1.82, 2.24) is 4.98 Å². The van der Waals surface area contributed by atoms with Gasteiger partial charge in [0.2, 0.25) is 0 Å². The highest BCUT2D eigenvalue weighted by molar-refractivity contribution is 9.10. The number of hydrogen-bond donors (Lipinski definition) is 1. The fourth-order valence-corrected chi connectivity index (χ4v) is 4.37. The number of aromatic nitrogens is 1. The first-order chi connectivity index (χ1) is 14.3. The van der Waals surface area contributed by atoms with E-state index in [1.807, 2.05) is 0 Å². The van der Waals surface area contributed by atoms with Gasteiger partial charge >= 0.3 is 0 Å². The van der Waals surface area contributed by atoms with Crippen molar-refractivity contribution in [3.63, 3.8) is 0 Å². The van der Waals surface area contributed by atoms with Crippen LogP contribution in [0.15, 0.2) is 65.4 Å². The van der Waals surface area contributed by atoms with Crippen LogP contribution in [0, 0.1) is 0 Å². The molecule has 0 bridgehead atoms. The van der Waals surface area contributed by atoms with Gasteiger partial charge in [0.25, 0.3) is 5.91 Å². The number of anilines is 1. The first-order valence-corrected chi connectivity index (χ1v) is 10.6. The van der Waals surface area contributed by atoms with Gasteiger partial charge in [0.1, 0.15) is 0 Å². The molecule has 2 aromatic carbocycles. The Bertz CT molecular complexity index is 1160. The molecule has 5 nitrogen and oxygen atoms in total. The topological polar surface area (TPSA) is 70.5 Å². The van der Waals surface area contributed by atoms with E-state index in [4.69, 9.17) is 23.2 Å². The van der Waals surface area contributed by atoms with Gasteiger partial charge in [-0.05, 0) is 48.0 Å². The Balaban J connectivity index is 1.73. The fraction of sp³-hybridized carbons (Fsp3) is 0.136. The predicted octanol–water partition coefficient (Wildman–Crippen LogP) is 5.16. The molecular weight excluding hydrogens is 491 g/mol. The minimum absolute atomic E-state index is 0.134. The molecule has 0 radical (unpaired) electrons. The van der Waals surface area contributed by atoms with Crippen molar-refractivity contribution in [2.75, 3.05) is 4.90 Å². The summed E-state index contributed by atoms with van der Waals surface area (Å²) >= 11 is 15.6.